The number of hydrogen-bond donors (Lipinski definition) is 3. The number of nitrogens with one attached hydrogen (secondary N) is 3. The van der Waals surface area contributed by atoms with E-state index in [9.17, 15) is 14.4 Å². The summed E-state index contributed by atoms with van der Waals surface area (Å²) in [4.78, 5) is 35.8. The molecule has 0 heterocycles. The molecule has 0 saturated heterocycles. The maximum Gasteiger partial charge on any atom is 0.407 e. The van der Waals surface area contributed by atoms with Crippen molar-refractivity contribution in [2.45, 2.75) is 52.2 Å². The van der Waals surface area contributed by atoms with Crippen molar-refractivity contribution in [3.63, 3.8) is 0 Å². The maximum atomic E-state index is 12.2. The van der Waals surface area contributed by atoms with Crippen LogP contribution in [0.3, 0.4) is 0 Å². The number of ether oxygens (including phenoxy) is 2. The number of anilines is 1. The van der Waals surface area contributed by atoms with Crippen molar-refractivity contribution in [1.82, 2.24) is 10.6 Å². The van der Waals surface area contributed by atoms with Gasteiger partial charge in [0.2, 0.25) is 11.8 Å². The molecule has 0 saturated carbocycles. The molecule has 2 aromatic carbocycles. The molecule has 8 heteroatoms. The van der Waals surface area contributed by atoms with E-state index >= 15 is 0 Å². The van der Waals surface area contributed by atoms with Crippen molar-refractivity contribution < 1.29 is 23.9 Å². The van der Waals surface area contributed by atoms with Crippen LogP contribution in [0.2, 0.25) is 0 Å². The minimum Gasteiger partial charge on any atom is -0.496 e. The third-order valence-corrected chi connectivity index (χ3v) is 4.56. The third kappa shape index (κ3) is 10.1. The minimum atomic E-state index is -0.580. The first kappa shape index (κ1) is 25.7. The van der Waals surface area contributed by atoms with Crippen LogP contribution >= 0.6 is 0 Å². The summed E-state index contributed by atoms with van der Waals surface area (Å²) in [5.74, 6) is 0.516. The highest BCUT2D eigenvalue weighted by Crippen LogP contribution is 2.18. The van der Waals surface area contributed by atoms with Gasteiger partial charge in [0.05, 0.1) is 7.11 Å². The normalized spacial score (nSPS) is 10.8. The lowest BCUT2D eigenvalue weighted by atomic mass is 10.1. The Balaban J connectivity index is 1.69. The smallest absolute Gasteiger partial charge is 0.407 e. The topological polar surface area (TPSA) is 106 Å². The molecule has 0 bridgehead atoms. The van der Waals surface area contributed by atoms with Gasteiger partial charge in [-0.2, -0.15) is 0 Å². The van der Waals surface area contributed by atoms with Crippen LogP contribution in [-0.2, 0) is 27.3 Å². The molecule has 0 fully saturated rings. The van der Waals surface area contributed by atoms with Crippen LogP contribution in [0.4, 0.5) is 10.5 Å². The molecule has 178 valence electrons. The fraction of sp³-hybridized carbons (Fsp3) is 0.400. The summed E-state index contributed by atoms with van der Waals surface area (Å²) in [7, 11) is 1.62. The second-order valence-corrected chi connectivity index (χ2v) is 8.51. The molecule has 0 aromatic heterocycles. The molecule has 3 amide bonds. The summed E-state index contributed by atoms with van der Waals surface area (Å²) in [6.07, 6.45) is 0.545. The van der Waals surface area contributed by atoms with Crippen molar-refractivity contribution in [1.29, 1.82) is 0 Å². The molecule has 3 N–H and O–H groups in total. The van der Waals surface area contributed by atoms with Crippen LogP contribution in [0, 0.1) is 0 Å². The predicted octanol–water partition coefficient (Wildman–Crippen LogP) is 3.80. The van der Waals surface area contributed by atoms with E-state index in [2.05, 4.69) is 16.0 Å². The van der Waals surface area contributed by atoms with E-state index in [0.717, 1.165) is 16.9 Å². The van der Waals surface area contributed by atoms with Crippen molar-refractivity contribution in [3.05, 3.63) is 59.7 Å². The quantitative estimate of drug-likeness (QED) is 0.505. The Kier molecular flexibility index (Phi) is 9.72. The number of carbonyl (C=O) groups is 3. The van der Waals surface area contributed by atoms with Gasteiger partial charge in [-0.25, -0.2) is 4.79 Å². The van der Waals surface area contributed by atoms with E-state index in [4.69, 9.17) is 9.47 Å². The summed E-state index contributed by atoms with van der Waals surface area (Å²) in [5.41, 5.74) is 1.98. The molecule has 0 aliphatic heterocycles. The summed E-state index contributed by atoms with van der Waals surface area (Å²) < 4.78 is 10.4. The van der Waals surface area contributed by atoms with Crippen LogP contribution in [0.1, 0.15) is 44.7 Å². The van der Waals surface area contributed by atoms with Crippen LogP contribution in [0.25, 0.3) is 0 Å². The van der Waals surface area contributed by atoms with Crippen molar-refractivity contribution in [3.8, 4) is 5.75 Å². The standard InChI is InChI=1S/C25H33N3O5/c1-25(2,3)33-24(31)26-16-15-23(30)28-20-12-9-18(10-13-20)17-27-22(29)14-11-19-7-5-6-8-21(19)32-4/h5-10,12-13H,11,14-17H2,1-4H3,(H,26,31)(H,27,29)(H,28,30). The van der Waals surface area contributed by atoms with Crippen LogP contribution in [0.5, 0.6) is 5.75 Å². The van der Waals surface area contributed by atoms with Gasteiger partial charge in [-0.05, 0) is 56.5 Å². The second kappa shape index (κ2) is 12.5. The zero-order valence-electron chi connectivity index (χ0n) is 19.7. The van der Waals surface area contributed by atoms with Crippen LogP contribution < -0.4 is 20.7 Å². The van der Waals surface area contributed by atoms with Crippen LogP contribution in [0.15, 0.2) is 48.5 Å². The SMILES string of the molecule is COc1ccccc1CCC(=O)NCc1ccc(NC(=O)CCNC(=O)OC(C)(C)C)cc1. The predicted molar refractivity (Wildman–Crippen MR) is 127 cm³/mol. The lowest BCUT2D eigenvalue weighted by Gasteiger charge is -2.19. The number of benzene rings is 2. The number of para-hydroxylation sites is 1. The molecule has 2 rings (SSSR count). The van der Waals surface area contributed by atoms with Crippen molar-refractivity contribution in [2.75, 3.05) is 19.0 Å². The number of carbonyl (C=O) groups excluding carboxylic acids is 3. The van der Waals surface area contributed by atoms with Crippen molar-refractivity contribution >= 4 is 23.6 Å². The van der Waals surface area contributed by atoms with Gasteiger partial charge < -0.3 is 25.4 Å². The lowest BCUT2D eigenvalue weighted by molar-refractivity contribution is -0.121. The lowest BCUT2D eigenvalue weighted by Crippen LogP contribution is -2.34. The zero-order chi connectivity index (χ0) is 24.3. The monoisotopic (exact) mass is 455 g/mol. The van der Waals surface area contributed by atoms with E-state index in [1.165, 1.54) is 0 Å². The Labute approximate surface area is 195 Å². The van der Waals surface area contributed by atoms with Gasteiger partial charge in [0, 0.05) is 31.6 Å². The second-order valence-electron chi connectivity index (χ2n) is 8.51. The van der Waals surface area contributed by atoms with E-state index in [0.29, 0.717) is 25.1 Å². The fourth-order valence-corrected chi connectivity index (χ4v) is 2.97. The van der Waals surface area contributed by atoms with Gasteiger partial charge in [0.15, 0.2) is 0 Å². The number of hydrogen-bond acceptors (Lipinski definition) is 5. The third-order valence-electron chi connectivity index (χ3n) is 4.56. The molecule has 0 unspecified atom stereocenters. The van der Waals surface area contributed by atoms with E-state index in [1.807, 2.05) is 36.4 Å². The molecule has 0 aliphatic rings. The number of rotatable bonds is 10. The van der Waals surface area contributed by atoms with E-state index < -0.39 is 11.7 Å². The van der Waals surface area contributed by atoms with E-state index in [-0.39, 0.29) is 24.8 Å². The summed E-state index contributed by atoms with van der Waals surface area (Å²) in [6.45, 7) is 5.90. The number of aryl methyl sites for hydroxylation is 1. The summed E-state index contributed by atoms with van der Waals surface area (Å²) in [6, 6.07) is 14.9. The first-order chi connectivity index (χ1) is 15.7. The number of alkyl carbamates (subject to hydrolysis) is 1. The molecule has 0 atom stereocenters. The molecular weight excluding hydrogens is 422 g/mol. The molecule has 2 aromatic rings. The van der Waals surface area contributed by atoms with Gasteiger partial charge in [0.1, 0.15) is 11.4 Å². The summed E-state index contributed by atoms with van der Waals surface area (Å²) >= 11 is 0. The Morgan fingerprint density at radius 3 is 2.24 bits per heavy atom. The molecule has 0 aliphatic carbocycles. The maximum absolute atomic E-state index is 12.2. The molecule has 0 radical (unpaired) electrons. The van der Waals surface area contributed by atoms with E-state index in [1.54, 1.807) is 40.0 Å². The molecular formula is C25H33N3O5. The fourth-order valence-electron chi connectivity index (χ4n) is 2.97. The highest BCUT2D eigenvalue weighted by Gasteiger charge is 2.16. The Morgan fingerprint density at radius 1 is 0.879 bits per heavy atom. The van der Waals surface area contributed by atoms with Gasteiger partial charge in [-0.3, -0.25) is 9.59 Å². The average Bonchev–Trinajstić information content (AvgIpc) is 2.76. The largest absolute Gasteiger partial charge is 0.496 e. The van der Waals surface area contributed by atoms with Crippen molar-refractivity contribution in [2.24, 2.45) is 0 Å². The minimum absolute atomic E-state index is 0.0456. The first-order valence-corrected chi connectivity index (χ1v) is 10.9. The Bertz CT molecular complexity index is 936. The highest BCUT2D eigenvalue weighted by molar-refractivity contribution is 5.91. The zero-order valence-corrected chi connectivity index (χ0v) is 19.7. The number of amides is 3. The highest BCUT2D eigenvalue weighted by atomic mass is 16.6. The Morgan fingerprint density at radius 2 is 1.58 bits per heavy atom. The average molecular weight is 456 g/mol. The summed E-state index contributed by atoms with van der Waals surface area (Å²) in [5, 5.41) is 8.23. The van der Waals surface area contributed by atoms with Gasteiger partial charge in [0.25, 0.3) is 0 Å². The number of methoxy groups -OCH3 is 1. The van der Waals surface area contributed by atoms with Gasteiger partial charge >= 0.3 is 6.09 Å². The first-order valence-electron chi connectivity index (χ1n) is 10.9. The Hall–Kier alpha value is -3.55. The molecule has 8 nitrogen and oxygen atoms in total. The van der Waals surface area contributed by atoms with Gasteiger partial charge in [-0.15, -0.1) is 0 Å². The van der Waals surface area contributed by atoms with Crippen LogP contribution in [-0.4, -0.2) is 37.2 Å². The molecule has 33 heavy (non-hydrogen) atoms. The van der Waals surface area contributed by atoms with Gasteiger partial charge in [-0.1, -0.05) is 30.3 Å². The molecule has 0 spiro atoms.